The molecule has 0 atom stereocenters. The molecule has 0 aliphatic carbocycles. The molecular formula is C16H16N2O3. The Morgan fingerprint density at radius 2 is 2.10 bits per heavy atom. The van der Waals surface area contributed by atoms with Crippen molar-refractivity contribution in [3.05, 3.63) is 54.4 Å². The number of amides is 1. The molecule has 1 amide bonds. The van der Waals surface area contributed by atoms with Crippen LogP contribution in [0.15, 0.2) is 48.8 Å². The van der Waals surface area contributed by atoms with Crippen molar-refractivity contribution in [2.45, 2.75) is 0 Å². The highest BCUT2D eigenvalue weighted by Gasteiger charge is 2.03. The average molecular weight is 284 g/mol. The van der Waals surface area contributed by atoms with E-state index in [1.807, 2.05) is 0 Å². The molecule has 5 nitrogen and oxygen atoms in total. The molecule has 21 heavy (non-hydrogen) atoms. The molecule has 0 radical (unpaired) electrons. The summed E-state index contributed by atoms with van der Waals surface area (Å²) in [6, 6.07) is 8.91. The molecule has 1 heterocycles. The topological polar surface area (TPSA) is 60.5 Å². The van der Waals surface area contributed by atoms with Gasteiger partial charge in [0.25, 0.3) is 0 Å². The van der Waals surface area contributed by atoms with Crippen molar-refractivity contribution in [3.63, 3.8) is 0 Å². The molecule has 0 bridgehead atoms. The fourth-order valence-corrected chi connectivity index (χ4v) is 1.76. The fraction of sp³-hybridized carbons (Fsp3) is 0.125. The lowest BCUT2D eigenvalue weighted by atomic mass is 10.1. The van der Waals surface area contributed by atoms with Crippen LogP contribution >= 0.6 is 0 Å². The number of nitrogens with one attached hydrogen (secondary N) is 1. The molecule has 0 aliphatic rings. The number of aromatic nitrogens is 1. The van der Waals surface area contributed by atoms with E-state index < -0.39 is 0 Å². The van der Waals surface area contributed by atoms with Crippen molar-refractivity contribution < 1.29 is 14.3 Å². The van der Waals surface area contributed by atoms with Gasteiger partial charge in [0, 0.05) is 17.8 Å². The summed E-state index contributed by atoms with van der Waals surface area (Å²) in [4.78, 5) is 15.8. The van der Waals surface area contributed by atoms with Crippen LogP contribution in [0.5, 0.6) is 11.5 Å². The number of carbonyl (C=O) groups is 1. The third kappa shape index (κ3) is 4.07. The molecule has 0 unspecified atom stereocenters. The van der Waals surface area contributed by atoms with Crippen molar-refractivity contribution in [2.24, 2.45) is 0 Å². The Balaban J connectivity index is 2.11. The maximum Gasteiger partial charge on any atom is 0.248 e. The molecule has 0 saturated heterocycles. The van der Waals surface area contributed by atoms with E-state index in [1.54, 1.807) is 63.0 Å². The Bertz CT molecular complexity index is 639. The Labute approximate surface area is 123 Å². The minimum Gasteiger partial charge on any atom is -0.497 e. The van der Waals surface area contributed by atoms with Crippen LogP contribution in [-0.4, -0.2) is 25.1 Å². The van der Waals surface area contributed by atoms with E-state index in [0.717, 1.165) is 5.56 Å². The molecular weight excluding hydrogens is 268 g/mol. The summed E-state index contributed by atoms with van der Waals surface area (Å²) < 4.78 is 10.4. The van der Waals surface area contributed by atoms with Gasteiger partial charge in [0.2, 0.25) is 5.91 Å². The monoisotopic (exact) mass is 284 g/mol. The maximum atomic E-state index is 11.8. The van der Waals surface area contributed by atoms with E-state index >= 15 is 0 Å². The number of ether oxygens (including phenoxy) is 2. The summed E-state index contributed by atoms with van der Waals surface area (Å²) in [5.74, 6) is 1.12. The largest absolute Gasteiger partial charge is 0.497 e. The highest BCUT2D eigenvalue weighted by molar-refractivity contribution is 6.02. The van der Waals surface area contributed by atoms with Gasteiger partial charge in [0.05, 0.1) is 26.1 Å². The molecule has 1 N–H and O–H groups in total. The van der Waals surface area contributed by atoms with E-state index in [0.29, 0.717) is 17.2 Å². The number of carbonyl (C=O) groups excluding carboxylic acids is 1. The molecule has 1 aromatic heterocycles. The average Bonchev–Trinajstić information content (AvgIpc) is 2.53. The lowest BCUT2D eigenvalue weighted by Crippen LogP contribution is -2.07. The van der Waals surface area contributed by atoms with Crippen LogP contribution in [0.3, 0.4) is 0 Å². The SMILES string of the molecule is COc1ccc(OC)c(/C=C/C(=O)Nc2cccnc2)c1. The number of hydrogen-bond donors (Lipinski definition) is 1. The summed E-state index contributed by atoms with van der Waals surface area (Å²) in [7, 11) is 3.17. The number of hydrogen-bond acceptors (Lipinski definition) is 4. The van der Waals surface area contributed by atoms with Gasteiger partial charge in [-0.15, -0.1) is 0 Å². The quantitative estimate of drug-likeness (QED) is 0.858. The summed E-state index contributed by atoms with van der Waals surface area (Å²) >= 11 is 0. The van der Waals surface area contributed by atoms with E-state index in [4.69, 9.17) is 9.47 Å². The van der Waals surface area contributed by atoms with Gasteiger partial charge in [-0.3, -0.25) is 9.78 Å². The normalized spacial score (nSPS) is 10.4. The number of benzene rings is 1. The first-order valence-electron chi connectivity index (χ1n) is 6.34. The fourth-order valence-electron chi connectivity index (χ4n) is 1.76. The lowest BCUT2D eigenvalue weighted by Gasteiger charge is -2.07. The number of rotatable bonds is 5. The standard InChI is InChI=1S/C16H16N2O3/c1-20-14-6-7-15(21-2)12(10-14)5-8-16(19)18-13-4-3-9-17-11-13/h3-11H,1-2H3,(H,18,19)/b8-5+. The van der Waals surface area contributed by atoms with Gasteiger partial charge in [0.1, 0.15) is 11.5 Å². The van der Waals surface area contributed by atoms with Gasteiger partial charge >= 0.3 is 0 Å². The zero-order chi connectivity index (χ0) is 15.1. The molecule has 0 saturated carbocycles. The number of pyridine rings is 1. The second-order valence-corrected chi connectivity index (χ2v) is 4.17. The molecule has 0 fully saturated rings. The Hall–Kier alpha value is -2.82. The summed E-state index contributed by atoms with van der Waals surface area (Å²) in [6.07, 6.45) is 6.34. The zero-order valence-corrected chi connectivity index (χ0v) is 11.9. The first-order chi connectivity index (χ1) is 10.2. The second kappa shape index (κ2) is 7.09. The van der Waals surface area contributed by atoms with Crippen molar-refractivity contribution in [1.82, 2.24) is 4.98 Å². The molecule has 2 rings (SSSR count). The third-order valence-electron chi connectivity index (χ3n) is 2.78. The summed E-state index contributed by atoms with van der Waals surface area (Å²) in [5.41, 5.74) is 1.41. The molecule has 1 aromatic carbocycles. The minimum absolute atomic E-state index is 0.243. The van der Waals surface area contributed by atoms with Gasteiger partial charge in [-0.05, 0) is 36.4 Å². The molecule has 5 heteroatoms. The number of methoxy groups -OCH3 is 2. The van der Waals surface area contributed by atoms with Gasteiger partial charge in [-0.1, -0.05) is 0 Å². The summed E-state index contributed by atoms with van der Waals surface area (Å²) in [6.45, 7) is 0. The minimum atomic E-state index is -0.243. The van der Waals surface area contributed by atoms with Crippen LogP contribution in [0.25, 0.3) is 6.08 Å². The third-order valence-corrected chi connectivity index (χ3v) is 2.78. The highest BCUT2D eigenvalue weighted by atomic mass is 16.5. The Kier molecular flexibility index (Phi) is 4.93. The van der Waals surface area contributed by atoms with Crippen LogP contribution in [0.2, 0.25) is 0 Å². The molecule has 0 spiro atoms. The van der Waals surface area contributed by atoms with Crippen LogP contribution in [0.4, 0.5) is 5.69 Å². The van der Waals surface area contributed by atoms with Crippen LogP contribution < -0.4 is 14.8 Å². The molecule has 108 valence electrons. The van der Waals surface area contributed by atoms with Crippen molar-refractivity contribution in [1.29, 1.82) is 0 Å². The molecule has 2 aromatic rings. The summed E-state index contributed by atoms with van der Waals surface area (Å²) in [5, 5.41) is 2.72. The van der Waals surface area contributed by atoms with Gasteiger partial charge in [0.15, 0.2) is 0 Å². The van der Waals surface area contributed by atoms with Gasteiger partial charge in [-0.25, -0.2) is 0 Å². The van der Waals surface area contributed by atoms with Crippen molar-refractivity contribution >= 4 is 17.7 Å². The lowest BCUT2D eigenvalue weighted by molar-refractivity contribution is -0.111. The van der Waals surface area contributed by atoms with Gasteiger partial charge < -0.3 is 14.8 Å². The predicted octanol–water partition coefficient (Wildman–Crippen LogP) is 2.75. The van der Waals surface area contributed by atoms with E-state index in [-0.39, 0.29) is 5.91 Å². The first-order valence-corrected chi connectivity index (χ1v) is 6.34. The van der Waals surface area contributed by atoms with E-state index in [1.165, 1.54) is 6.08 Å². The van der Waals surface area contributed by atoms with Gasteiger partial charge in [-0.2, -0.15) is 0 Å². The van der Waals surface area contributed by atoms with Crippen LogP contribution in [0.1, 0.15) is 5.56 Å². The van der Waals surface area contributed by atoms with E-state index in [9.17, 15) is 4.79 Å². The Morgan fingerprint density at radius 3 is 2.76 bits per heavy atom. The van der Waals surface area contributed by atoms with E-state index in [2.05, 4.69) is 10.3 Å². The maximum absolute atomic E-state index is 11.8. The second-order valence-electron chi connectivity index (χ2n) is 4.17. The van der Waals surface area contributed by atoms with Crippen LogP contribution in [0, 0.1) is 0 Å². The van der Waals surface area contributed by atoms with Crippen molar-refractivity contribution in [2.75, 3.05) is 19.5 Å². The van der Waals surface area contributed by atoms with Crippen molar-refractivity contribution in [3.8, 4) is 11.5 Å². The molecule has 0 aliphatic heterocycles. The Morgan fingerprint density at radius 1 is 1.24 bits per heavy atom. The number of nitrogens with zero attached hydrogens (tertiary/aromatic N) is 1. The zero-order valence-electron chi connectivity index (χ0n) is 11.9. The predicted molar refractivity (Wildman–Crippen MR) is 81.4 cm³/mol. The number of anilines is 1. The smallest absolute Gasteiger partial charge is 0.248 e. The highest BCUT2D eigenvalue weighted by Crippen LogP contribution is 2.25. The van der Waals surface area contributed by atoms with Crippen LogP contribution in [-0.2, 0) is 4.79 Å². The first kappa shape index (κ1) is 14.6.